The van der Waals surface area contributed by atoms with Gasteiger partial charge in [0.25, 0.3) is 0 Å². The first-order chi connectivity index (χ1) is 13.2. The molecule has 0 fully saturated rings. The number of rotatable bonds is 8. The molecule has 28 heavy (non-hydrogen) atoms. The van der Waals surface area contributed by atoms with E-state index in [4.69, 9.17) is 0 Å². The number of sulfonamides is 2. The van der Waals surface area contributed by atoms with E-state index in [1.165, 1.54) is 36.4 Å². The number of hydrogen-bond acceptors (Lipinski definition) is 5. The predicted molar refractivity (Wildman–Crippen MR) is 97.6 cm³/mol. The van der Waals surface area contributed by atoms with Gasteiger partial charge in [-0.15, -0.1) is 0 Å². The summed E-state index contributed by atoms with van der Waals surface area (Å²) in [5.41, 5.74) is 1.13. The number of fused-ring (bicyclic) bond motifs is 3. The summed E-state index contributed by atoms with van der Waals surface area (Å²) in [5, 5.41) is 0. The van der Waals surface area contributed by atoms with E-state index in [1.807, 2.05) is 0 Å². The van der Waals surface area contributed by atoms with Crippen molar-refractivity contribution < 1.29 is 30.4 Å². The molecule has 0 radical (unpaired) electrons. The molecule has 0 amide bonds. The highest BCUT2D eigenvalue weighted by atomic mass is 32.2. The number of nitrogens with one attached hydrogen (secondary N) is 2. The van der Waals surface area contributed by atoms with Crippen LogP contribution in [-0.2, 0) is 20.0 Å². The molecule has 0 aromatic heterocycles. The molecule has 1 aliphatic rings. The zero-order valence-corrected chi connectivity index (χ0v) is 16.0. The van der Waals surface area contributed by atoms with Crippen molar-refractivity contribution in [2.45, 2.75) is 9.79 Å². The lowest BCUT2D eigenvalue weighted by atomic mass is 10.1. The van der Waals surface area contributed by atoms with Gasteiger partial charge in [0, 0.05) is 24.2 Å². The van der Waals surface area contributed by atoms with Crippen molar-refractivity contribution in [2.24, 2.45) is 0 Å². The zero-order chi connectivity index (χ0) is 20.5. The lowest BCUT2D eigenvalue weighted by Gasteiger charge is -2.07. The average molecular weight is 430 g/mol. The molecule has 0 aliphatic heterocycles. The SMILES string of the molecule is O=C1c2cc(S(=O)(=O)NCCF)ccc2-c2ccc(S(=O)(=O)NCCF)cc21. The van der Waals surface area contributed by atoms with Crippen LogP contribution in [-0.4, -0.2) is 49.1 Å². The van der Waals surface area contributed by atoms with Crippen LogP contribution >= 0.6 is 0 Å². The molecule has 3 rings (SSSR count). The summed E-state index contributed by atoms with van der Waals surface area (Å²) in [6.45, 7) is -2.52. The van der Waals surface area contributed by atoms with Crippen molar-refractivity contribution in [1.82, 2.24) is 9.44 Å². The van der Waals surface area contributed by atoms with E-state index >= 15 is 0 Å². The monoisotopic (exact) mass is 430 g/mol. The smallest absolute Gasteiger partial charge is 0.240 e. The van der Waals surface area contributed by atoms with E-state index in [0.717, 1.165) is 0 Å². The first-order valence-corrected chi connectivity index (χ1v) is 11.1. The van der Waals surface area contributed by atoms with Crippen LogP contribution < -0.4 is 9.44 Å². The molecule has 0 spiro atoms. The van der Waals surface area contributed by atoms with Gasteiger partial charge in [0.1, 0.15) is 13.3 Å². The molecule has 7 nitrogen and oxygen atoms in total. The van der Waals surface area contributed by atoms with Gasteiger partial charge in [-0.2, -0.15) is 0 Å². The zero-order valence-electron chi connectivity index (χ0n) is 14.4. The van der Waals surface area contributed by atoms with Crippen molar-refractivity contribution in [3.05, 3.63) is 47.5 Å². The number of carbonyl (C=O) groups is 1. The third-order valence-corrected chi connectivity index (χ3v) is 7.07. The topological polar surface area (TPSA) is 109 Å². The van der Waals surface area contributed by atoms with Gasteiger partial charge in [-0.05, 0) is 35.4 Å². The third kappa shape index (κ3) is 3.70. The van der Waals surface area contributed by atoms with E-state index in [-0.39, 0.29) is 34.0 Å². The summed E-state index contributed by atoms with van der Waals surface area (Å²) in [6, 6.07) is 7.81. The summed E-state index contributed by atoms with van der Waals surface area (Å²) in [5.74, 6) is -0.532. The predicted octanol–water partition coefficient (Wildman–Crippen LogP) is 1.39. The van der Waals surface area contributed by atoms with Gasteiger partial charge >= 0.3 is 0 Å². The Labute approximate surface area is 160 Å². The van der Waals surface area contributed by atoms with Crippen molar-refractivity contribution in [1.29, 1.82) is 0 Å². The Morgan fingerprint density at radius 3 is 1.43 bits per heavy atom. The van der Waals surface area contributed by atoms with Gasteiger partial charge in [0.15, 0.2) is 5.78 Å². The molecular weight excluding hydrogens is 414 g/mol. The van der Waals surface area contributed by atoms with Crippen molar-refractivity contribution >= 4 is 25.8 Å². The number of carbonyl (C=O) groups excluding carboxylic acids is 1. The normalized spacial score (nSPS) is 13.4. The maximum Gasteiger partial charge on any atom is 0.240 e. The summed E-state index contributed by atoms with van der Waals surface area (Å²) in [6.07, 6.45) is 0. The minimum Gasteiger partial charge on any atom is -0.289 e. The largest absolute Gasteiger partial charge is 0.289 e. The summed E-state index contributed by atoms with van der Waals surface area (Å²) in [4.78, 5) is 12.3. The molecule has 0 heterocycles. The van der Waals surface area contributed by atoms with Gasteiger partial charge in [0.2, 0.25) is 20.0 Å². The van der Waals surface area contributed by atoms with Crippen molar-refractivity contribution in [2.75, 3.05) is 26.4 Å². The lowest BCUT2D eigenvalue weighted by molar-refractivity contribution is 0.104. The first kappa shape index (κ1) is 20.5. The molecule has 0 unspecified atom stereocenters. The van der Waals surface area contributed by atoms with E-state index in [0.29, 0.717) is 11.1 Å². The fourth-order valence-corrected chi connectivity index (χ4v) is 4.95. The molecule has 150 valence electrons. The second-order valence-electron chi connectivity index (χ2n) is 5.92. The fraction of sp³-hybridized carbons (Fsp3) is 0.235. The fourth-order valence-electron chi connectivity index (χ4n) is 2.88. The van der Waals surface area contributed by atoms with Gasteiger partial charge < -0.3 is 0 Å². The Bertz CT molecular complexity index is 1060. The summed E-state index contributed by atoms with van der Waals surface area (Å²) in [7, 11) is -7.96. The van der Waals surface area contributed by atoms with Crippen LogP contribution in [0, 0.1) is 0 Å². The molecular formula is C17H16F2N2O5S2. The van der Waals surface area contributed by atoms with Crippen LogP contribution in [0.3, 0.4) is 0 Å². The van der Waals surface area contributed by atoms with E-state index in [1.54, 1.807) is 0 Å². The second-order valence-corrected chi connectivity index (χ2v) is 9.45. The molecule has 1 aliphatic carbocycles. The number of halogens is 2. The number of ketones is 1. The van der Waals surface area contributed by atoms with Crippen LogP contribution in [0.1, 0.15) is 15.9 Å². The maximum absolute atomic E-state index is 12.7. The van der Waals surface area contributed by atoms with Crippen LogP contribution in [0.25, 0.3) is 11.1 Å². The quantitative estimate of drug-likeness (QED) is 0.561. The Morgan fingerprint density at radius 1 is 0.679 bits per heavy atom. The minimum absolute atomic E-state index is 0.101. The van der Waals surface area contributed by atoms with Crippen molar-refractivity contribution in [3.63, 3.8) is 0 Å². The molecule has 0 bridgehead atoms. The highest BCUT2D eigenvalue weighted by Crippen LogP contribution is 2.38. The highest BCUT2D eigenvalue weighted by Gasteiger charge is 2.30. The highest BCUT2D eigenvalue weighted by molar-refractivity contribution is 7.89. The Balaban J connectivity index is 2.01. The molecule has 0 saturated carbocycles. The van der Waals surface area contributed by atoms with Gasteiger partial charge in [-0.25, -0.2) is 35.1 Å². The number of alkyl halides is 2. The second kappa shape index (κ2) is 7.66. The average Bonchev–Trinajstić information content (AvgIpc) is 2.96. The summed E-state index contributed by atoms with van der Waals surface area (Å²) < 4.78 is 77.2. The first-order valence-electron chi connectivity index (χ1n) is 8.15. The third-order valence-electron chi connectivity index (χ3n) is 4.16. The van der Waals surface area contributed by atoms with Crippen LogP contribution in [0.5, 0.6) is 0 Å². The van der Waals surface area contributed by atoms with Gasteiger partial charge in [-0.1, -0.05) is 12.1 Å². The molecule has 11 heteroatoms. The molecule has 2 aromatic rings. The standard InChI is InChI=1S/C17H16F2N2O5S2/c18-5-7-20-27(23,24)11-1-3-13-14-4-2-12(28(25,26)21-8-6-19)10-16(14)17(22)15(13)9-11/h1-4,9-10,20-21H,5-8H2. The van der Waals surface area contributed by atoms with E-state index in [9.17, 15) is 30.4 Å². The maximum atomic E-state index is 12.7. The van der Waals surface area contributed by atoms with E-state index in [2.05, 4.69) is 9.44 Å². The molecule has 0 atom stereocenters. The number of benzene rings is 2. The number of hydrogen-bond donors (Lipinski definition) is 2. The van der Waals surface area contributed by atoms with Crippen LogP contribution in [0.4, 0.5) is 8.78 Å². The molecule has 0 saturated heterocycles. The van der Waals surface area contributed by atoms with Crippen molar-refractivity contribution in [3.8, 4) is 11.1 Å². The Hall–Kier alpha value is -2.21. The minimum atomic E-state index is -3.98. The van der Waals surface area contributed by atoms with Gasteiger partial charge in [-0.3, -0.25) is 4.79 Å². The summed E-state index contributed by atoms with van der Waals surface area (Å²) >= 11 is 0. The molecule has 2 aromatic carbocycles. The van der Waals surface area contributed by atoms with Gasteiger partial charge in [0.05, 0.1) is 9.79 Å². The lowest BCUT2D eigenvalue weighted by Crippen LogP contribution is -2.26. The van der Waals surface area contributed by atoms with E-state index < -0.39 is 39.2 Å². The molecule has 2 N–H and O–H groups in total. The Morgan fingerprint density at radius 2 is 1.07 bits per heavy atom. The Kier molecular flexibility index (Phi) is 5.62. The van der Waals surface area contributed by atoms with Crippen LogP contribution in [0.2, 0.25) is 0 Å². The van der Waals surface area contributed by atoms with Crippen LogP contribution in [0.15, 0.2) is 46.2 Å².